The summed E-state index contributed by atoms with van der Waals surface area (Å²) in [6.45, 7) is 0.498. The molecule has 8 heteroatoms. The number of hydrogen-bond acceptors (Lipinski definition) is 4. The van der Waals surface area contributed by atoms with Gasteiger partial charge in [-0.2, -0.15) is 0 Å². The molecule has 0 bridgehead atoms. The first-order chi connectivity index (χ1) is 9.47. The Hall–Kier alpha value is -1.12. The molecule has 1 aromatic rings. The van der Waals surface area contributed by atoms with Gasteiger partial charge in [-0.25, -0.2) is 9.59 Å². The zero-order valence-electron chi connectivity index (χ0n) is 10.6. The first-order valence-corrected chi connectivity index (χ1v) is 7.78. The highest BCUT2D eigenvalue weighted by Gasteiger charge is 2.38. The number of aliphatic hydroxyl groups is 1. The van der Waals surface area contributed by atoms with Crippen LogP contribution in [0, 0.1) is 0 Å². The highest BCUT2D eigenvalue weighted by atomic mass is 79.9. The predicted octanol–water partition coefficient (Wildman–Crippen LogP) is 1.28. The average molecular weight is 363 g/mol. The van der Waals surface area contributed by atoms with Gasteiger partial charge >= 0.3 is 12.0 Å². The summed E-state index contributed by atoms with van der Waals surface area (Å²) in [7, 11) is 0. The van der Waals surface area contributed by atoms with Crippen LogP contribution in [0.25, 0.3) is 0 Å². The SMILES string of the molecule is O=C(O)[C@H]1C[C@@H](O)CN1C(=O)NCCc1ccc(Br)s1. The van der Waals surface area contributed by atoms with Crippen molar-refractivity contribution in [3.8, 4) is 0 Å². The molecule has 0 saturated carbocycles. The van der Waals surface area contributed by atoms with E-state index in [0.717, 1.165) is 8.66 Å². The zero-order valence-corrected chi connectivity index (χ0v) is 13.0. The molecule has 1 aromatic heterocycles. The summed E-state index contributed by atoms with van der Waals surface area (Å²) in [5.74, 6) is -1.08. The number of hydrogen-bond donors (Lipinski definition) is 3. The summed E-state index contributed by atoms with van der Waals surface area (Å²) in [5.41, 5.74) is 0. The number of aliphatic hydroxyl groups excluding tert-OH is 1. The topological polar surface area (TPSA) is 89.9 Å². The maximum absolute atomic E-state index is 11.9. The number of amides is 2. The first kappa shape index (κ1) is 15.3. The number of thiophene rings is 1. The van der Waals surface area contributed by atoms with E-state index in [2.05, 4.69) is 21.2 Å². The van der Waals surface area contributed by atoms with Gasteiger partial charge in [-0.15, -0.1) is 11.3 Å². The van der Waals surface area contributed by atoms with Crippen LogP contribution in [0.1, 0.15) is 11.3 Å². The van der Waals surface area contributed by atoms with Gasteiger partial charge in [0.15, 0.2) is 0 Å². The van der Waals surface area contributed by atoms with Crippen molar-refractivity contribution >= 4 is 39.3 Å². The van der Waals surface area contributed by atoms with E-state index in [0.29, 0.717) is 13.0 Å². The van der Waals surface area contributed by atoms with Gasteiger partial charge in [0.25, 0.3) is 0 Å². The van der Waals surface area contributed by atoms with Crippen molar-refractivity contribution in [1.82, 2.24) is 10.2 Å². The molecule has 2 amide bonds. The number of halogens is 1. The van der Waals surface area contributed by atoms with E-state index in [4.69, 9.17) is 5.11 Å². The number of likely N-dealkylation sites (tertiary alicyclic amines) is 1. The molecule has 110 valence electrons. The van der Waals surface area contributed by atoms with Crippen LogP contribution in [0.15, 0.2) is 15.9 Å². The number of β-amino-alcohol motifs (C(OH)–C–C–N with tert-alkyl or cyclic N) is 1. The molecule has 1 aliphatic rings. The van der Waals surface area contributed by atoms with Crippen LogP contribution in [0.2, 0.25) is 0 Å². The minimum absolute atomic E-state index is 0.0628. The van der Waals surface area contributed by atoms with Crippen LogP contribution in [-0.2, 0) is 11.2 Å². The third kappa shape index (κ3) is 3.71. The summed E-state index contributed by atoms with van der Waals surface area (Å²) < 4.78 is 1.03. The predicted molar refractivity (Wildman–Crippen MR) is 77.9 cm³/mol. The Morgan fingerprint density at radius 3 is 2.85 bits per heavy atom. The Morgan fingerprint density at radius 2 is 2.25 bits per heavy atom. The minimum atomic E-state index is -1.08. The number of nitrogens with zero attached hydrogens (tertiary/aromatic N) is 1. The van der Waals surface area contributed by atoms with Crippen LogP contribution in [0.5, 0.6) is 0 Å². The van der Waals surface area contributed by atoms with E-state index in [1.165, 1.54) is 4.90 Å². The average Bonchev–Trinajstić information content (AvgIpc) is 2.95. The maximum Gasteiger partial charge on any atom is 0.326 e. The summed E-state index contributed by atoms with van der Waals surface area (Å²) in [4.78, 5) is 25.3. The van der Waals surface area contributed by atoms with Crippen LogP contribution < -0.4 is 5.32 Å². The molecule has 2 rings (SSSR count). The van der Waals surface area contributed by atoms with E-state index in [1.807, 2.05) is 12.1 Å². The largest absolute Gasteiger partial charge is 0.480 e. The Kier molecular flexibility index (Phi) is 5.00. The fraction of sp³-hybridized carbons (Fsp3) is 0.500. The number of carboxylic acids is 1. The second-order valence-electron chi connectivity index (χ2n) is 4.58. The molecule has 3 N–H and O–H groups in total. The minimum Gasteiger partial charge on any atom is -0.480 e. The number of carboxylic acid groups (broad SMARTS) is 1. The first-order valence-electron chi connectivity index (χ1n) is 6.17. The van der Waals surface area contributed by atoms with Crippen molar-refractivity contribution in [1.29, 1.82) is 0 Å². The highest BCUT2D eigenvalue weighted by molar-refractivity contribution is 9.11. The van der Waals surface area contributed by atoms with E-state index in [1.54, 1.807) is 11.3 Å². The number of carbonyl (C=O) groups is 2. The Labute approximate surface area is 128 Å². The number of rotatable bonds is 4. The molecule has 2 heterocycles. The van der Waals surface area contributed by atoms with Crippen molar-refractivity contribution in [3.05, 3.63) is 20.8 Å². The third-order valence-corrected chi connectivity index (χ3v) is 4.78. The molecule has 0 radical (unpaired) electrons. The normalized spacial score (nSPS) is 22.0. The van der Waals surface area contributed by atoms with Gasteiger partial charge in [0.1, 0.15) is 6.04 Å². The summed E-state index contributed by atoms with van der Waals surface area (Å²) >= 11 is 4.96. The molecule has 1 aliphatic heterocycles. The molecule has 1 fully saturated rings. The third-order valence-electron chi connectivity index (χ3n) is 3.10. The van der Waals surface area contributed by atoms with Crippen molar-refractivity contribution in [2.24, 2.45) is 0 Å². The second-order valence-corrected chi connectivity index (χ2v) is 7.13. The molecule has 1 saturated heterocycles. The lowest BCUT2D eigenvalue weighted by molar-refractivity contribution is -0.141. The molecule has 20 heavy (non-hydrogen) atoms. The van der Waals surface area contributed by atoms with Gasteiger partial charge in [-0.3, -0.25) is 0 Å². The lowest BCUT2D eigenvalue weighted by atomic mass is 10.2. The summed E-state index contributed by atoms with van der Waals surface area (Å²) in [6.07, 6.45) is 0.00614. The fourth-order valence-corrected chi connectivity index (χ4v) is 3.64. The smallest absolute Gasteiger partial charge is 0.326 e. The van der Waals surface area contributed by atoms with Crippen molar-refractivity contribution in [2.45, 2.75) is 25.0 Å². The molecule has 0 unspecified atom stereocenters. The zero-order chi connectivity index (χ0) is 14.7. The number of carbonyl (C=O) groups excluding carboxylic acids is 1. The Balaban J connectivity index is 1.83. The van der Waals surface area contributed by atoms with Crippen LogP contribution in [-0.4, -0.2) is 52.3 Å². The van der Waals surface area contributed by atoms with Gasteiger partial charge < -0.3 is 20.4 Å². The van der Waals surface area contributed by atoms with E-state index < -0.39 is 24.1 Å². The van der Waals surface area contributed by atoms with E-state index in [-0.39, 0.29) is 13.0 Å². The maximum atomic E-state index is 11.9. The molecular weight excluding hydrogens is 348 g/mol. The molecule has 6 nitrogen and oxygen atoms in total. The van der Waals surface area contributed by atoms with Crippen molar-refractivity contribution < 1.29 is 19.8 Å². The van der Waals surface area contributed by atoms with Crippen LogP contribution in [0.3, 0.4) is 0 Å². The Bertz CT molecular complexity index is 507. The van der Waals surface area contributed by atoms with E-state index in [9.17, 15) is 14.7 Å². The standard InChI is InChI=1S/C12H15BrN2O4S/c13-10-2-1-8(20-10)3-4-14-12(19)15-6-7(16)5-9(15)11(17)18/h1-2,7,9,16H,3-6H2,(H,14,19)(H,17,18)/t7-,9-/m1/s1. The summed E-state index contributed by atoms with van der Waals surface area (Å²) in [5, 5.41) is 21.2. The van der Waals surface area contributed by atoms with Crippen LogP contribution >= 0.6 is 27.3 Å². The highest BCUT2D eigenvalue weighted by Crippen LogP contribution is 2.22. The quantitative estimate of drug-likeness (QED) is 0.752. The Morgan fingerprint density at radius 1 is 1.50 bits per heavy atom. The van der Waals surface area contributed by atoms with Crippen molar-refractivity contribution in [3.63, 3.8) is 0 Å². The monoisotopic (exact) mass is 362 g/mol. The van der Waals surface area contributed by atoms with Crippen molar-refractivity contribution in [2.75, 3.05) is 13.1 Å². The molecule has 2 atom stereocenters. The lowest BCUT2D eigenvalue weighted by Crippen LogP contribution is -2.46. The second kappa shape index (κ2) is 6.55. The van der Waals surface area contributed by atoms with Gasteiger partial charge in [-0.05, 0) is 34.5 Å². The van der Waals surface area contributed by atoms with Gasteiger partial charge in [0.05, 0.1) is 9.89 Å². The van der Waals surface area contributed by atoms with Crippen LogP contribution in [0.4, 0.5) is 4.79 Å². The molecule has 0 spiro atoms. The van der Waals surface area contributed by atoms with E-state index >= 15 is 0 Å². The summed E-state index contributed by atoms with van der Waals surface area (Å²) in [6, 6.07) is 2.53. The fourth-order valence-electron chi connectivity index (χ4n) is 2.15. The van der Waals surface area contributed by atoms with Gasteiger partial charge in [-0.1, -0.05) is 0 Å². The number of nitrogens with one attached hydrogen (secondary N) is 1. The lowest BCUT2D eigenvalue weighted by Gasteiger charge is -2.21. The van der Waals surface area contributed by atoms with Gasteiger partial charge in [0, 0.05) is 24.4 Å². The van der Waals surface area contributed by atoms with Gasteiger partial charge in [0.2, 0.25) is 0 Å². The number of aliphatic carboxylic acids is 1. The number of urea groups is 1. The molecule has 0 aliphatic carbocycles. The molecule has 0 aromatic carbocycles. The molecular formula is C12H15BrN2O4S.